The number of fused-ring (bicyclic) bond motifs is 2. The third-order valence-electron chi connectivity index (χ3n) is 5.86. The molecule has 34 heavy (non-hydrogen) atoms. The molecule has 0 aliphatic carbocycles. The van der Waals surface area contributed by atoms with Gasteiger partial charge in [-0.1, -0.05) is 30.3 Å². The lowest BCUT2D eigenvalue weighted by molar-refractivity contribution is -0.135. The lowest BCUT2D eigenvalue weighted by atomic mass is 9.78. The standard InChI is InChI=1S/C22H18F3N7O2/c1-21(12-6-3-2-4-7-12)15-17(31-20(21)34)29-16(30-19(15)33)14-10-32-18(26-11-27-32)13(28-14)8-5-9-22(23,24)25/h2-4,6-7,10-11H,5,8-9H2,1H3,(H2,29,30,31,33,34). The van der Waals surface area contributed by atoms with Gasteiger partial charge in [-0.25, -0.2) is 19.5 Å². The first-order chi connectivity index (χ1) is 16.2. The van der Waals surface area contributed by atoms with Crippen molar-refractivity contribution < 1.29 is 23.1 Å². The smallest absolute Gasteiger partial charge is 0.389 e. The van der Waals surface area contributed by atoms with E-state index in [-0.39, 0.29) is 41.6 Å². The minimum Gasteiger partial charge on any atom is -0.493 e. The van der Waals surface area contributed by atoms with Gasteiger partial charge in [-0.05, 0) is 25.3 Å². The van der Waals surface area contributed by atoms with Crippen molar-refractivity contribution in [1.29, 1.82) is 0 Å². The van der Waals surface area contributed by atoms with Crippen LogP contribution in [0, 0.1) is 0 Å². The molecule has 0 fully saturated rings. The molecule has 0 saturated carbocycles. The summed E-state index contributed by atoms with van der Waals surface area (Å²) in [6.07, 6.45) is -2.68. The van der Waals surface area contributed by atoms with Crippen molar-refractivity contribution in [3.8, 4) is 17.4 Å². The lowest BCUT2D eigenvalue weighted by Gasteiger charge is -2.22. The number of nitrogens with zero attached hydrogens (tertiary/aromatic N) is 6. The number of alkyl halides is 3. The van der Waals surface area contributed by atoms with Gasteiger partial charge in [0, 0.05) is 6.42 Å². The fourth-order valence-corrected chi connectivity index (χ4v) is 4.13. The fraction of sp³-hybridized carbons (Fsp3) is 0.273. The number of aromatic nitrogens is 6. The Morgan fingerprint density at radius 3 is 2.65 bits per heavy atom. The van der Waals surface area contributed by atoms with Crippen molar-refractivity contribution in [2.24, 2.45) is 0 Å². The molecule has 4 aromatic rings. The van der Waals surface area contributed by atoms with Crippen molar-refractivity contribution in [2.75, 3.05) is 5.32 Å². The maximum Gasteiger partial charge on any atom is 0.389 e. The number of benzene rings is 1. The first-order valence-electron chi connectivity index (χ1n) is 10.4. The van der Waals surface area contributed by atoms with Crippen LogP contribution in [-0.2, 0) is 16.6 Å². The Morgan fingerprint density at radius 2 is 1.91 bits per heavy atom. The molecule has 174 valence electrons. The van der Waals surface area contributed by atoms with E-state index in [4.69, 9.17) is 0 Å². The fourth-order valence-electron chi connectivity index (χ4n) is 4.13. The van der Waals surface area contributed by atoms with Crippen LogP contribution in [0.15, 0.2) is 42.9 Å². The second-order valence-electron chi connectivity index (χ2n) is 8.11. The van der Waals surface area contributed by atoms with Gasteiger partial charge >= 0.3 is 6.18 Å². The Hall–Kier alpha value is -4.09. The molecule has 4 heterocycles. The van der Waals surface area contributed by atoms with Crippen LogP contribution >= 0.6 is 0 Å². The van der Waals surface area contributed by atoms with Crippen LogP contribution < -0.4 is 5.32 Å². The number of hydrogen-bond acceptors (Lipinski definition) is 7. The van der Waals surface area contributed by atoms with Crippen LogP contribution in [0.25, 0.3) is 17.2 Å². The molecule has 12 heteroatoms. The van der Waals surface area contributed by atoms with Crippen LogP contribution in [0.5, 0.6) is 5.88 Å². The highest BCUT2D eigenvalue weighted by Crippen LogP contribution is 2.46. The normalized spacial score (nSPS) is 17.7. The molecule has 1 aliphatic rings. The van der Waals surface area contributed by atoms with E-state index >= 15 is 0 Å². The molecule has 5 rings (SSSR count). The van der Waals surface area contributed by atoms with Gasteiger partial charge in [0.1, 0.15) is 23.3 Å². The van der Waals surface area contributed by atoms with E-state index in [9.17, 15) is 23.1 Å². The third kappa shape index (κ3) is 3.60. The van der Waals surface area contributed by atoms with Gasteiger partial charge < -0.3 is 10.4 Å². The van der Waals surface area contributed by atoms with Crippen LogP contribution in [0.3, 0.4) is 0 Å². The number of carbonyl (C=O) groups is 1. The summed E-state index contributed by atoms with van der Waals surface area (Å²) in [6.45, 7) is 1.67. The highest BCUT2D eigenvalue weighted by molar-refractivity contribution is 6.08. The van der Waals surface area contributed by atoms with E-state index in [0.29, 0.717) is 16.9 Å². The SMILES string of the molecule is CC1(c2ccccc2)C(=O)Nc2nc(-c3cn4ncnc4c(CCCC(F)(F)F)n3)nc(O)c21. The number of amides is 1. The van der Waals surface area contributed by atoms with Gasteiger partial charge in [0.2, 0.25) is 11.8 Å². The number of rotatable bonds is 5. The molecule has 9 nitrogen and oxygen atoms in total. The second kappa shape index (κ2) is 7.75. The van der Waals surface area contributed by atoms with Crippen LogP contribution in [0.4, 0.5) is 19.0 Å². The average molecular weight is 469 g/mol. The number of carbonyl (C=O) groups excluding carboxylic acids is 1. The van der Waals surface area contributed by atoms with Gasteiger partial charge in [-0.2, -0.15) is 23.3 Å². The summed E-state index contributed by atoms with van der Waals surface area (Å²) in [6, 6.07) is 8.94. The maximum absolute atomic E-state index is 12.9. The zero-order chi connectivity index (χ0) is 24.1. The van der Waals surface area contributed by atoms with Gasteiger partial charge in [-0.3, -0.25) is 4.79 Å². The Labute approximate surface area is 190 Å². The molecule has 0 spiro atoms. The van der Waals surface area contributed by atoms with Crippen molar-refractivity contribution in [3.63, 3.8) is 0 Å². The number of aryl methyl sites for hydroxylation is 1. The number of nitrogens with one attached hydrogen (secondary N) is 1. The molecule has 1 atom stereocenters. The molecule has 0 saturated heterocycles. The highest BCUT2D eigenvalue weighted by Gasteiger charge is 2.48. The second-order valence-corrected chi connectivity index (χ2v) is 8.11. The molecular weight excluding hydrogens is 451 g/mol. The topological polar surface area (TPSA) is 118 Å². The Kier molecular flexibility index (Phi) is 4.95. The molecule has 3 aromatic heterocycles. The average Bonchev–Trinajstić information content (AvgIpc) is 3.36. The number of anilines is 1. The predicted molar refractivity (Wildman–Crippen MR) is 114 cm³/mol. The summed E-state index contributed by atoms with van der Waals surface area (Å²) in [5.41, 5.74) is 0.472. The maximum atomic E-state index is 12.9. The Morgan fingerprint density at radius 1 is 1.15 bits per heavy atom. The summed E-state index contributed by atoms with van der Waals surface area (Å²) in [5, 5.41) is 17.6. The zero-order valence-corrected chi connectivity index (χ0v) is 17.8. The Balaban J connectivity index is 1.56. The first-order valence-corrected chi connectivity index (χ1v) is 10.4. The summed E-state index contributed by atoms with van der Waals surface area (Å²) < 4.78 is 39.2. The van der Waals surface area contributed by atoms with E-state index < -0.39 is 23.9 Å². The quantitative estimate of drug-likeness (QED) is 0.460. The summed E-state index contributed by atoms with van der Waals surface area (Å²) in [4.78, 5) is 30.0. The minimum atomic E-state index is -4.28. The van der Waals surface area contributed by atoms with Gasteiger partial charge in [0.15, 0.2) is 11.5 Å². The molecule has 0 bridgehead atoms. The van der Waals surface area contributed by atoms with Gasteiger partial charge in [0.25, 0.3) is 0 Å². The van der Waals surface area contributed by atoms with Crippen LogP contribution in [0.1, 0.15) is 36.6 Å². The molecule has 1 aliphatic heterocycles. The van der Waals surface area contributed by atoms with Crippen molar-refractivity contribution in [3.05, 3.63) is 59.7 Å². The number of hydrogen-bond donors (Lipinski definition) is 2. The number of halogens is 3. The third-order valence-corrected chi connectivity index (χ3v) is 5.86. The highest BCUT2D eigenvalue weighted by atomic mass is 19.4. The minimum absolute atomic E-state index is 0.00921. The number of aromatic hydroxyl groups is 1. The largest absolute Gasteiger partial charge is 0.493 e. The zero-order valence-electron chi connectivity index (χ0n) is 17.8. The van der Waals surface area contributed by atoms with Crippen molar-refractivity contribution in [1.82, 2.24) is 29.5 Å². The summed E-state index contributed by atoms with van der Waals surface area (Å²) in [5.74, 6) is -0.645. The molecule has 1 unspecified atom stereocenters. The van der Waals surface area contributed by atoms with Gasteiger partial charge in [0.05, 0.1) is 17.5 Å². The van der Waals surface area contributed by atoms with Crippen LogP contribution in [-0.4, -0.2) is 46.7 Å². The Bertz CT molecular complexity index is 1410. The van der Waals surface area contributed by atoms with E-state index in [0.717, 1.165) is 0 Å². The first kappa shape index (κ1) is 21.7. The molecule has 2 N–H and O–H groups in total. The van der Waals surface area contributed by atoms with Crippen molar-refractivity contribution >= 4 is 17.4 Å². The predicted octanol–water partition coefficient (Wildman–Crippen LogP) is 3.43. The molecule has 1 amide bonds. The van der Waals surface area contributed by atoms with Crippen molar-refractivity contribution in [2.45, 2.75) is 37.8 Å². The monoisotopic (exact) mass is 469 g/mol. The van der Waals surface area contributed by atoms with E-state index in [1.807, 2.05) is 6.07 Å². The van der Waals surface area contributed by atoms with Gasteiger partial charge in [-0.15, -0.1) is 0 Å². The van der Waals surface area contributed by atoms with E-state index in [1.165, 1.54) is 17.0 Å². The molecular formula is C22H18F3N7O2. The lowest BCUT2D eigenvalue weighted by Crippen LogP contribution is -2.32. The van der Waals surface area contributed by atoms with E-state index in [1.54, 1.807) is 31.2 Å². The molecule has 1 aromatic carbocycles. The van der Waals surface area contributed by atoms with Crippen LogP contribution in [0.2, 0.25) is 0 Å². The summed E-state index contributed by atoms with van der Waals surface area (Å²) >= 11 is 0. The summed E-state index contributed by atoms with van der Waals surface area (Å²) in [7, 11) is 0. The molecule has 0 radical (unpaired) electrons. The van der Waals surface area contributed by atoms with E-state index in [2.05, 4.69) is 30.4 Å².